The van der Waals surface area contributed by atoms with Gasteiger partial charge < -0.3 is 15.4 Å². The van der Waals surface area contributed by atoms with E-state index in [2.05, 4.69) is 38.3 Å². The number of carbonyl (C=O) groups excluding carboxylic acids is 1. The number of ether oxygens (including phenoxy) is 1. The maximum atomic E-state index is 11.8. The highest BCUT2D eigenvalue weighted by molar-refractivity contribution is 5.78. The third kappa shape index (κ3) is 5.36. The monoisotopic (exact) mass is 256 g/mol. The van der Waals surface area contributed by atoms with E-state index in [1.807, 2.05) is 0 Å². The molecule has 0 aromatic heterocycles. The van der Waals surface area contributed by atoms with Gasteiger partial charge in [0.2, 0.25) is 5.91 Å². The molecule has 1 rings (SSSR count). The van der Waals surface area contributed by atoms with Crippen molar-refractivity contribution in [2.45, 2.75) is 46.6 Å². The Bertz CT molecular complexity index is 259. The number of amides is 1. The highest BCUT2D eigenvalue weighted by Gasteiger charge is 2.22. The number of nitrogens with one attached hydrogen (secondary N) is 2. The fourth-order valence-corrected chi connectivity index (χ4v) is 1.82. The van der Waals surface area contributed by atoms with Crippen LogP contribution in [0.25, 0.3) is 0 Å². The molecule has 1 saturated heterocycles. The zero-order valence-corrected chi connectivity index (χ0v) is 12.2. The quantitative estimate of drug-likeness (QED) is 0.758. The van der Waals surface area contributed by atoms with E-state index < -0.39 is 0 Å². The average Bonchev–Trinajstić information content (AvgIpc) is 2.29. The fourth-order valence-electron chi connectivity index (χ4n) is 1.82. The molecule has 0 unspecified atom stereocenters. The van der Waals surface area contributed by atoms with E-state index in [1.54, 1.807) is 0 Å². The van der Waals surface area contributed by atoms with Crippen molar-refractivity contribution in [3.05, 3.63) is 0 Å². The third-order valence-electron chi connectivity index (χ3n) is 4.02. The third-order valence-corrected chi connectivity index (χ3v) is 4.02. The maximum absolute atomic E-state index is 11.8. The molecule has 1 amide bonds. The first-order chi connectivity index (χ1) is 8.42. The summed E-state index contributed by atoms with van der Waals surface area (Å²) in [4.78, 5) is 11.8. The minimum absolute atomic E-state index is 0.0986. The van der Waals surface area contributed by atoms with Crippen LogP contribution in [-0.2, 0) is 9.53 Å². The molecule has 1 heterocycles. The van der Waals surface area contributed by atoms with E-state index in [0.717, 1.165) is 32.6 Å². The molecular weight excluding hydrogens is 228 g/mol. The molecule has 0 radical (unpaired) electrons. The second-order valence-corrected chi connectivity index (χ2v) is 6.20. The van der Waals surface area contributed by atoms with Gasteiger partial charge >= 0.3 is 0 Å². The Labute approximate surface area is 111 Å². The summed E-state index contributed by atoms with van der Waals surface area (Å²) in [5.41, 5.74) is 0.221. The Morgan fingerprint density at radius 3 is 2.50 bits per heavy atom. The van der Waals surface area contributed by atoms with Crippen LogP contribution in [0.1, 0.15) is 40.5 Å². The average molecular weight is 256 g/mol. The van der Waals surface area contributed by atoms with Crippen molar-refractivity contribution >= 4 is 5.91 Å². The van der Waals surface area contributed by atoms with E-state index in [9.17, 15) is 4.79 Å². The first-order valence-electron chi connectivity index (χ1n) is 6.99. The molecule has 0 saturated carbocycles. The predicted molar refractivity (Wildman–Crippen MR) is 73.5 cm³/mol. The Hall–Kier alpha value is -0.610. The van der Waals surface area contributed by atoms with E-state index in [0.29, 0.717) is 18.5 Å². The topological polar surface area (TPSA) is 50.4 Å². The standard InChI is InChI=1S/C14H28N2O2/c1-11(2)14(3,4)10-15-9-13(17)16-12-5-7-18-8-6-12/h11-12,15H,5-10H2,1-4H3,(H,16,17). The Morgan fingerprint density at radius 1 is 1.33 bits per heavy atom. The van der Waals surface area contributed by atoms with Crippen LogP contribution >= 0.6 is 0 Å². The van der Waals surface area contributed by atoms with E-state index in [-0.39, 0.29) is 11.3 Å². The molecule has 1 fully saturated rings. The zero-order valence-electron chi connectivity index (χ0n) is 12.2. The maximum Gasteiger partial charge on any atom is 0.234 e. The minimum Gasteiger partial charge on any atom is -0.381 e. The van der Waals surface area contributed by atoms with Crippen LogP contribution in [0.5, 0.6) is 0 Å². The molecule has 0 bridgehead atoms. The van der Waals surface area contributed by atoms with Crippen LogP contribution in [0.2, 0.25) is 0 Å². The first-order valence-corrected chi connectivity index (χ1v) is 6.99. The summed E-state index contributed by atoms with van der Waals surface area (Å²) in [6, 6.07) is 0.297. The summed E-state index contributed by atoms with van der Waals surface area (Å²) >= 11 is 0. The smallest absolute Gasteiger partial charge is 0.234 e. The van der Waals surface area contributed by atoms with Crippen LogP contribution < -0.4 is 10.6 Å². The van der Waals surface area contributed by atoms with E-state index >= 15 is 0 Å². The van der Waals surface area contributed by atoms with Gasteiger partial charge in [-0.25, -0.2) is 0 Å². The number of carbonyl (C=O) groups is 1. The molecular formula is C14H28N2O2. The normalized spacial score (nSPS) is 18.1. The summed E-state index contributed by atoms with van der Waals surface area (Å²) < 4.78 is 5.27. The van der Waals surface area contributed by atoms with Gasteiger partial charge in [0.05, 0.1) is 6.54 Å². The van der Waals surface area contributed by atoms with Gasteiger partial charge in [0, 0.05) is 25.8 Å². The Balaban J connectivity index is 2.17. The molecule has 0 aliphatic carbocycles. The van der Waals surface area contributed by atoms with Crippen molar-refractivity contribution in [2.24, 2.45) is 11.3 Å². The summed E-state index contributed by atoms with van der Waals surface area (Å²) in [7, 11) is 0. The summed E-state index contributed by atoms with van der Waals surface area (Å²) in [6.45, 7) is 11.7. The van der Waals surface area contributed by atoms with Crippen LogP contribution in [0.4, 0.5) is 0 Å². The highest BCUT2D eigenvalue weighted by Crippen LogP contribution is 2.24. The number of hydrogen-bond donors (Lipinski definition) is 2. The Morgan fingerprint density at radius 2 is 1.94 bits per heavy atom. The summed E-state index contributed by atoms with van der Waals surface area (Å²) in [6.07, 6.45) is 1.87. The highest BCUT2D eigenvalue weighted by atomic mass is 16.5. The van der Waals surface area contributed by atoms with Crippen LogP contribution in [0.3, 0.4) is 0 Å². The van der Waals surface area contributed by atoms with Crippen molar-refractivity contribution < 1.29 is 9.53 Å². The molecule has 4 nitrogen and oxygen atoms in total. The second-order valence-electron chi connectivity index (χ2n) is 6.20. The Kier molecular flexibility index (Phi) is 6.09. The lowest BCUT2D eigenvalue weighted by atomic mass is 9.81. The second kappa shape index (κ2) is 7.10. The molecule has 1 aliphatic rings. The molecule has 106 valence electrons. The van der Waals surface area contributed by atoms with Gasteiger partial charge in [-0.1, -0.05) is 27.7 Å². The van der Waals surface area contributed by atoms with Crippen molar-refractivity contribution in [3.8, 4) is 0 Å². The molecule has 1 aliphatic heterocycles. The van der Waals surface area contributed by atoms with E-state index in [4.69, 9.17) is 4.74 Å². The predicted octanol–water partition coefficient (Wildman–Crippen LogP) is 1.55. The lowest BCUT2D eigenvalue weighted by molar-refractivity contribution is -0.121. The molecule has 18 heavy (non-hydrogen) atoms. The molecule has 0 atom stereocenters. The van der Waals surface area contributed by atoms with Gasteiger partial charge in [-0.15, -0.1) is 0 Å². The lowest BCUT2D eigenvalue weighted by Gasteiger charge is -2.29. The summed E-state index contributed by atoms with van der Waals surface area (Å²) in [5, 5.41) is 6.31. The van der Waals surface area contributed by atoms with Crippen LogP contribution in [0, 0.1) is 11.3 Å². The van der Waals surface area contributed by atoms with Gasteiger partial charge in [0.15, 0.2) is 0 Å². The molecule has 0 spiro atoms. The van der Waals surface area contributed by atoms with Crippen molar-refractivity contribution in [2.75, 3.05) is 26.3 Å². The van der Waals surface area contributed by atoms with Gasteiger partial charge in [-0.2, -0.15) is 0 Å². The minimum atomic E-state index is 0.0986. The summed E-state index contributed by atoms with van der Waals surface area (Å²) in [5.74, 6) is 0.699. The first kappa shape index (κ1) is 15.4. The van der Waals surface area contributed by atoms with Crippen molar-refractivity contribution in [1.82, 2.24) is 10.6 Å². The molecule has 0 aromatic carbocycles. The largest absolute Gasteiger partial charge is 0.381 e. The van der Waals surface area contributed by atoms with Crippen LogP contribution in [-0.4, -0.2) is 38.3 Å². The molecule has 4 heteroatoms. The lowest BCUT2D eigenvalue weighted by Crippen LogP contribution is -2.45. The van der Waals surface area contributed by atoms with Crippen molar-refractivity contribution in [1.29, 1.82) is 0 Å². The van der Waals surface area contributed by atoms with Gasteiger partial charge in [-0.3, -0.25) is 4.79 Å². The van der Waals surface area contributed by atoms with Gasteiger partial charge in [0.25, 0.3) is 0 Å². The molecule has 0 aromatic rings. The molecule has 2 N–H and O–H groups in total. The number of hydrogen-bond acceptors (Lipinski definition) is 3. The van der Waals surface area contributed by atoms with Crippen LogP contribution in [0.15, 0.2) is 0 Å². The van der Waals surface area contributed by atoms with E-state index in [1.165, 1.54) is 0 Å². The van der Waals surface area contributed by atoms with Crippen molar-refractivity contribution in [3.63, 3.8) is 0 Å². The van der Waals surface area contributed by atoms with Gasteiger partial charge in [-0.05, 0) is 24.2 Å². The SMILES string of the molecule is CC(C)C(C)(C)CNCC(=O)NC1CCOCC1. The fraction of sp³-hybridized carbons (Fsp3) is 0.929. The number of rotatable bonds is 6. The van der Waals surface area contributed by atoms with Gasteiger partial charge in [0.1, 0.15) is 0 Å². The zero-order chi connectivity index (χ0) is 13.6.